The SMILES string of the molecule is COCc1oc(-c2ccc(OC)nc2)cc1C(O)C1CCCCC1. The maximum atomic E-state index is 10.8. The van der Waals surface area contributed by atoms with Crippen LogP contribution in [-0.2, 0) is 11.3 Å². The molecule has 0 saturated heterocycles. The molecule has 1 saturated carbocycles. The number of furan rings is 1. The van der Waals surface area contributed by atoms with Crippen molar-refractivity contribution >= 4 is 0 Å². The number of aliphatic hydroxyl groups is 1. The Labute approximate surface area is 142 Å². The Morgan fingerprint density at radius 3 is 2.67 bits per heavy atom. The molecule has 1 atom stereocenters. The second kappa shape index (κ2) is 7.81. The van der Waals surface area contributed by atoms with Crippen molar-refractivity contribution in [3.63, 3.8) is 0 Å². The van der Waals surface area contributed by atoms with Gasteiger partial charge in [0.2, 0.25) is 5.88 Å². The zero-order chi connectivity index (χ0) is 16.9. The van der Waals surface area contributed by atoms with E-state index in [9.17, 15) is 5.11 Å². The molecule has 0 radical (unpaired) electrons. The number of pyridine rings is 1. The van der Waals surface area contributed by atoms with Gasteiger partial charge in [-0.2, -0.15) is 0 Å². The first-order chi connectivity index (χ1) is 11.7. The molecule has 1 aliphatic carbocycles. The third-order valence-electron chi connectivity index (χ3n) is 4.76. The highest BCUT2D eigenvalue weighted by Crippen LogP contribution is 2.38. The van der Waals surface area contributed by atoms with Crippen LogP contribution < -0.4 is 4.74 Å². The first kappa shape index (κ1) is 17.0. The summed E-state index contributed by atoms with van der Waals surface area (Å²) >= 11 is 0. The van der Waals surface area contributed by atoms with Gasteiger partial charge in [-0.15, -0.1) is 0 Å². The number of hydrogen-bond acceptors (Lipinski definition) is 5. The van der Waals surface area contributed by atoms with E-state index in [0.717, 1.165) is 24.0 Å². The van der Waals surface area contributed by atoms with E-state index in [1.54, 1.807) is 26.5 Å². The van der Waals surface area contributed by atoms with Crippen molar-refractivity contribution in [1.29, 1.82) is 0 Å². The fourth-order valence-corrected chi connectivity index (χ4v) is 3.43. The van der Waals surface area contributed by atoms with Gasteiger partial charge in [-0.3, -0.25) is 0 Å². The number of nitrogens with zero attached hydrogens (tertiary/aromatic N) is 1. The van der Waals surface area contributed by atoms with E-state index in [0.29, 0.717) is 29.9 Å². The molecule has 0 aliphatic heterocycles. The number of aromatic nitrogens is 1. The lowest BCUT2D eigenvalue weighted by molar-refractivity contribution is 0.0791. The van der Waals surface area contributed by atoms with Crippen molar-refractivity contribution < 1.29 is 19.0 Å². The number of aliphatic hydroxyl groups excluding tert-OH is 1. The maximum Gasteiger partial charge on any atom is 0.212 e. The van der Waals surface area contributed by atoms with Crippen LogP contribution in [0.5, 0.6) is 5.88 Å². The van der Waals surface area contributed by atoms with Crippen molar-refractivity contribution in [2.45, 2.75) is 44.8 Å². The van der Waals surface area contributed by atoms with Crippen LogP contribution in [0.4, 0.5) is 0 Å². The molecule has 5 heteroatoms. The molecule has 1 N–H and O–H groups in total. The number of hydrogen-bond donors (Lipinski definition) is 1. The van der Waals surface area contributed by atoms with Gasteiger partial charge >= 0.3 is 0 Å². The minimum atomic E-state index is -0.501. The van der Waals surface area contributed by atoms with E-state index < -0.39 is 6.10 Å². The van der Waals surface area contributed by atoms with Crippen molar-refractivity contribution in [1.82, 2.24) is 4.98 Å². The molecule has 130 valence electrons. The lowest BCUT2D eigenvalue weighted by atomic mass is 9.82. The van der Waals surface area contributed by atoms with Crippen LogP contribution in [0.3, 0.4) is 0 Å². The van der Waals surface area contributed by atoms with Gasteiger partial charge in [0.1, 0.15) is 18.1 Å². The van der Waals surface area contributed by atoms with Crippen LogP contribution in [0.1, 0.15) is 49.5 Å². The monoisotopic (exact) mass is 331 g/mol. The molecule has 24 heavy (non-hydrogen) atoms. The van der Waals surface area contributed by atoms with E-state index in [1.807, 2.05) is 12.1 Å². The van der Waals surface area contributed by atoms with Crippen LogP contribution in [0.25, 0.3) is 11.3 Å². The Morgan fingerprint density at radius 1 is 1.25 bits per heavy atom. The van der Waals surface area contributed by atoms with Gasteiger partial charge in [0.25, 0.3) is 0 Å². The predicted octanol–water partition coefficient (Wildman–Crippen LogP) is 4.11. The molecule has 1 unspecified atom stereocenters. The highest BCUT2D eigenvalue weighted by molar-refractivity contribution is 5.58. The standard InChI is InChI=1S/C19H25NO4/c1-22-12-17-15(19(21)13-6-4-3-5-7-13)10-16(24-17)14-8-9-18(23-2)20-11-14/h8-11,13,19,21H,3-7,12H2,1-2H3. The molecule has 1 fully saturated rings. The first-order valence-corrected chi connectivity index (χ1v) is 8.53. The smallest absolute Gasteiger partial charge is 0.212 e. The highest BCUT2D eigenvalue weighted by Gasteiger charge is 2.27. The molecule has 0 aromatic carbocycles. The van der Waals surface area contributed by atoms with Gasteiger partial charge < -0.3 is 19.0 Å². The Hall–Kier alpha value is -1.85. The summed E-state index contributed by atoms with van der Waals surface area (Å²) in [5.74, 6) is 2.25. The van der Waals surface area contributed by atoms with Gasteiger partial charge in [-0.25, -0.2) is 4.98 Å². The van der Waals surface area contributed by atoms with Crippen molar-refractivity contribution in [2.75, 3.05) is 14.2 Å². The second-order valence-electron chi connectivity index (χ2n) is 6.35. The third-order valence-corrected chi connectivity index (χ3v) is 4.76. The topological polar surface area (TPSA) is 64.7 Å². The largest absolute Gasteiger partial charge is 0.481 e. The molecule has 2 aromatic heterocycles. The van der Waals surface area contributed by atoms with Gasteiger partial charge in [0, 0.05) is 30.5 Å². The molecular weight excluding hydrogens is 306 g/mol. The maximum absolute atomic E-state index is 10.8. The normalized spacial score (nSPS) is 17.0. The minimum absolute atomic E-state index is 0.300. The fraction of sp³-hybridized carbons (Fsp3) is 0.526. The number of methoxy groups -OCH3 is 2. The average Bonchev–Trinajstić information content (AvgIpc) is 3.06. The van der Waals surface area contributed by atoms with E-state index in [4.69, 9.17) is 13.9 Å². The van der Waals surface area contributed by atoms with Gasteiger partial charge in [0.15, 0.2) is 0 Å². The lowest BCUT2D eigenvalue weighted by Crippen LogP contribution is -2.16. The van der Waals surface area contributed by atoms with E-state index in [1.165, 1.54) is 19.3 Å². The summed E-state index contributed by atoms with van der Waals surface area (Å²) in [4.78, 5) is 4.22. The summed E-state index contributed by atoms with van der Waals surface area (Å²) in [7, 11) is 3.22. The zero-order valence-electron chi connectivity index (χ0n) is 14.3. The highest BCUT2D eigenvalue weighted by atomic mass is 16.5. The predicted molar refractivity (Wildman–Crippen MR) is 90.7 cm³/mol. The Balaban J connectivity index is 1.88. The quantitative estimate of drug-likeness (QED) is 0.863. The molecule has 0 spiro atoms. The minimum Gasteiger partial charge on any atom is -0.481 e. The van der Waals surface area contributed by atoms with Gasteiger partial charge in [0.05, 0.1) is 13.2 Å². The molecular formula is C19H25NO4. The third kappa shape index (κ3) is 3.62. The molecule has 2 aromatic rings. The summed E-state index contributed by atoms with van der Waals surface area (Å²) in [5, 5.41) is 10.8. The van der Waals surface area contributed by atoms with Gasteiger partial charge in [-0.1, -0.05) is 19.3 Å². The van der Waals surface area contributed by atoms with Crippen LogP contribution in [0, 0.1) is 5.92 Å². The molecule has 3 rings (SSSR count). The molecule has 2 heterocycles. The van der Waals surface area contributed by atoms with Crippen LogP contribution in [0.15, 0.2) is 28.8 Å². The summed E-state index contributed by atoms with van der Waals surface area (Å²) in [6, 6.07) is 5.63. The second-order valence-corrected chi connectivity index (χ2v) is 6.35. The molecule has 0 amide bonds. The van der Waals surface area contributed by atoms with E-state index in [2.05, 4.69) is 4.98 Å². The van der Waals surface area contributed by atoms with E-state index in [-0.39, 0.29) is 0 Å². The van der Waals surface area contributed by atoms with Crippen molar-refractivity contribution in [2.24, 2.45) is 5.92 Å². The Bertz CT molecular complexity index is 644. The van der Waals surface area contributed by atoms with Gasteiger partial charge in [-0.05, 0) is 30.9 Å². The Kier molecular flexibility index (Phi) is 5.53. The lowest BCUT2D eigenvalue weighted by Gasteiger charge is -2.26. The van der Waals surface area contributed by atoms with Crippen LogP contribution >= 0.6 is 0 Å². The summed E-state index contributed by atoms with van der Waals surface area (Å²) < 4.78 is 16.3. The van der Waals surface area contributed by atoms with Crippen molar-refractivity contribution in [3.05, 3.63) is 35.7 Å². The Morgan fingerprint density at radius 2 is 2.04 bits per heavy atom. The van der Waals surface area contributed by atoms with Crippen molar-refractivity contribution in [3.8, 4) is 17.2 Å². The number of ether oxygens (including phenoxy) is 2. The summed E-state index contributed by atoms with van der Waals surface area (Å²) in [6.45, 7) is 0.350. The van der Waals surface area contributed by atoms with E-state index >= 15 is 0 Å². The number of rotatable bonds is 6. The van der Waals surface area contributed by atoms with Crippen LogP contribution in [0.2, 0.25) is 0 Å². The summed E-state index contributed by atoms with van der Waals surface area (Å²) in [6.07, 6.45) is 6.99. The molecule has 1 aliphatic rings. The fourth-order valence-electron chi connectivity index (χ4n) is 3.43. The first-order valence-electron chi connectivity index (χ1n) is 8.53. The van der Waals surface area contributed by atoms with Crippen LogP contribution in [-0.4, -0.2) is 24.3 Å². The zero-order valence-corrected chi connectivity index (χ0v) is 14.3. The molecule has 0 bridgehead atoms. The average molecular weight is 331 g/mol. The molecule has 5 nitrogen and oxygen atoms in total. The summed E-state index contributed by atoms with van der Waals surface area (Å²) in [5.41, 5.74) is 1.70.